The van der Waals surface area contributed by atoms with Crippen LogP contribution in [0.15, 0.2) is 23.1 Å². The van der Waals surface area contributed by atoms with Gasteiger partial charge in [-0.15, -0.1) is 0 Å². The first-order chi connectivity index (χ1) is 10.8. The van der Waals surface area contributed by atoms with Crippen LogP contribution in [0.5, 0.6) is 0 Å². The van der Waals surface area contributed by atoms with Crippen molar-refractivity contribution in [3.05, 3.63) is 34.2 Å². The Morgan fingerprint density at radius 2 is 1.83 bits per heavy atom. The number of pyridine rings is 1. The summed E-state index contributed by atoms with van der Waals surface area (Å²) in [6.07, 6.45) is 5.34. The molecular formula is C17H26N2O4. The Hall–Kier alpha value is -2.11. The van der Waals surface area contributed by atoms with Crippen molar-refractivity contribution < 1.29 is 14.3 Å². The van der Waals surface area contributed by atoms with Gasteiger partial charge in [0.05, 0.1) is 5.56 Å². The summed E-state index contributed by atoms with van der Waals surface area (Å²) < 4.78 is 5.23. The van der Waals surface area contributed by atoms with Gasteiger partial charge in [-0.05, 0) is 39.7 Å². The fourth-order valence-corrected chi connectivity index (χ4v) is 2.00. The van der Waals surface area contributed by atoms with Crippen LogP contribution in [0.2, 0.25) is 0 Å². The summed E-state index contributed by atoms with van der Waals surface area (Å²) in [5.74, 6) is -0.362. The highest BCUT2D eigenvalue weighted by molar-refractivity contribution is 5.93. The number of H-pyrrole nitrogens is 1. The van der Waals surface area contributed by atoms with Crippen LogP contribution in [0.25, 0.3) is 0 Å². The lowest BCUT2D eigenvalue weighted by molar-refractivity contribution is -0.154. The van der Waals surface area contributed by atoms with Crippen LogP contribution in [0.4, 0.5) is 0 Å². The quantitative estimate of drug-likeness (QED) is 0.568. The maximum Gasteiger partial charge on any atom is 0.306 e. The molecular weight excluding hydrogens is 296 g/mol. The molecule has 1 rings (SSSR count). The lowest BCUT2D eigenvalue weighted by Crippen LogP contribution is -2.25. The molecule has 6 nitrogen and oxygen atoms in total. The van der Waals surface area contributed by atoms with E-state index in [1.54, 1.807) is 0 Å². The van der Waals surface area contributed by atoms with Crippen molar-refractivity contribution in [2.45, 2.75) is 58.5 Å². The Labute approximate surface area is 136 Å². The second-order valence-electron chi connectivity index (χ2n) is 6.45. The number of unbranched alkanes of at least 4 members (excludes halogenated alkanes) is 3. The van der Waals surface area contributed by atoms with Crippen molar-refractivity contribution in [1.82, 2.24) is 10.3 Å². The van der Waals surface area contributed by atoms with Gasteiger partial charge < -0.3 is 15.0 Å². The number of ether oxygens (including phenoxy) is 1. The first kappa shape index (κ1) is 18.9. The van der Waals surface area contributed by atoms with Crippen LogP contribution < -0.4 is 10.9 Å². The summed E-state index contributed by atoms with van der Waals surface area (Å²) in [6.45, 7) is 6.15. The molecule has 0 aromatic carbocycles. The zero-order chi connectivity index (χ0) is 17.3. The van der Waals surface area contributed by atoms with Gasteiger partial charge in [-0.3, -0.25) is 14.4 Å². The second-order valence-corrected chi connectivity index (χ2v) is 6.45. The fraction of sp³-hybridized carbons (Fsp3) is 0.588. The van der Waals surface area contributed by atoms with Crippen LogP contribution in [-0.4, -0.2) is 29.0 Å². The van der Waals surface area contributed by atoms with Crippen molar-refractivity contribution >= 4 is 11.9 Å². The van der Waals surface area contributed by atoms with Gasteiger partial charge in [-0.25, -0.2) is 0 Å². The monoisotopic (exact) mass is 322 g/mol. The van der Waals surface area contributed by atoms with E-state index in [9.17, 15) is 14.4 Å². The summed E-state index contributed by atoms with van der Waals surface area (Å²) in [7, 11) is 0. The van der Waals surface area contributed by atoms with E-state index in [0.29, 0.717) is 18.5 Å². The normalized spacial score (nSPS) is 11.1. The third-order valence-corrected chi connectivity index (χ3v) is 3.06. The standard InChI is InChI=1S/C17H26N2O4/c1-17(2,3)23-15(21)8-6-4-5-7-11-18-16(22)13-9-10-14(20)19-12-13/h9-10,12H,4-8,11H2,1-3H3,(H,18,22)(H,19,20). The number of hydrogen-bond donors (Lipinski definition) is 2. The molecule has 0 spiro atoms. The third kappa shape index (κ3) is 8.80. The summed E-state index contributed by atoms with van der Waals surface area (Å²) in [6, 6.07) is 2.82. The molecule has 1 aromatic heterocycles. The third-order valence-electron chi connectivity index (χ3n) is 3.06. The summed E-state index contributed by atoms with van der Waals surface area (Å²) in [5, 5.41) is 2.80. The first-order valence-corrected chi connectivity index (χ1v) is 7.97. The van der Waals surface area contributed by atoms with Gasteiger partial charge in [0.25, 0.3) is 5.91 Å². The predicted octanol–water partition coefficient (Wildman–Crippen LogP) is 2.40. The van der Waals surface area contributed by atoms with Gasteiger partial charge in [0.2, 0.25) is 5.56 Å². The highest BCUT2D eigenvalue weighted by Gasteiger charge is 2.15. The molecule has 0 aliphatic carbocycles. The van der Waals surface area contributed by atoms with Crippen molar-refractivity contribution in [2.24, 2.45) is 0 Å². The molecule has 0 saturated carbocycles. The van der Waals surface area contributed by atoms with Gasteiger partial charge in [0.1, 0.15) is 5.60 Å². The molecule has 23 heavy (non-hydrogen) atoms. The van der Waals surface area contributed by atoms with E-state index in [2.05, 4.69) is 10.3 Å². The Morgan fingerprint density at radius 3 is 2.43 bits per heavy atom. The number of nitrogens with one attached hydrogen (secondary N) is 2. The molecule has 0 saturated heterocycles. The average molecular weight is 322 g/mol. The molecule has 0 aliphatic heterocycles. The average Bonchev–Trinajstić information content (AvgIpc) is 2.45. The Morgan fingerprint density at radius 1 is 1.13 bits per heavy atom. The Balaban J connectivity index is 2.07. The highest BCUT2D eigenvalue weighted by Crippen LogP contribution is 2.11. The molecule has 1 heterocycles. The summed E-state index contributed by atoms with van der Waals surface area (Å²) in [4.78, 5) is 36.7. The number of aromatic nitrogens is 1. The number of rotatable bonds is 8. The van der Waals surface area contributed by atoms with Crippen LogP contribution >= 0.6 is 0 Å². The van der Waals surface area contributed by atoms with E-state index < -0.39 is 5.60 Å². The lowest BCUT2D eigenvalue weighted by atomic mass is 10.1. The number of carbonyl (C=O) groups excluding carboxylic acids is 2. The second kappa shape index (κ2) is 9.12. The highest BCUT2D eigenvalue weighted by atomic mass is 16.6. The topological polar surface area (TPSA) is 88.3 Å². The smallest absolute Gasteiger partial charge is 0.306 e. The number of esters is 1. The Bertz CT molecular complexity index is 552. The van der Waals surface area contributed by atoms with E-state index in [1.165, 1.54) is 18.3 Å². The zero-order valence-corrected chi connectivity index (χ0v) is 14.1. The minimum Gasteiger partial charge on any atom is -0.460 e. The van der Waals surface area contributed by atoms with E-state index in [4.69, 9.17) is 4.74 Å². The first-order valence-electron chi connectivity index (χ1n) is 7.97. The maximum absolute atomic E-state index is 11.8. The fourth-order valence-electron chi connectivity index (χ4n) is 2.00. The molecule has 128 valence electrons. The molecule has 2 N–H and O–H groups in total. The minimum atomic E-state index is -0.427. The van der Waals surface area contributed by atoms with Crippen molar-refractivity contribution in [1.29, 1.82) is 0 Å². The summed E-state index contributed by atoms with van der Waals surface area (Å²) in [5.41, 5.74) is -0.218. The van der Waals surface area contributed by atoms with Crippen LogP contribution in [-0.2, 0) is 9.53 Å². The molecule has 1 aromatic rings. The largest absolute Gasteiger partial charge is 0.460 e. The molecule has 0 unspecified atom stereocenters. The molecule has 0 aliphatic rings. The lowest BCUT2D eigenvalue weighted by Gasteiger charge is -2.19. The van der Waals surface area contributed by atoms with E-state index >= 15 is 0 Å². The predicted molar refractivity (Wildman–Crippen MR) is 88.3 cm³/mol. The molecule has 1 amide bonds. The van der Waals surface area contributed by atoms with Crippen LogP contribution in [0.1, 0.15) is 63.2 Å². The van der Waals surface area contributed by atoms with Gasteiger partial charge in [0, 0.05) is 25.2 Å². The van der Waals surface area contributed by atoms with Crippen LogP contribution in [0.3, 0.4) is 0 Å². The van der Waals surface area contributed by atoms with Gasteiger partial charge in [-0.2, -0.15) is 0 Å². The van der Waals surface area contributed by atoms with E-state index in [-0.39, 0.29) is 17.4 Å². The van der Waals surface area contributed by atoms with Gasteiger partial charge in [-0.1, -0.05) is 12.8 Å². The number of amides is 1. The number of aromatic amines is 1. The number of carbonyl (C=O) groups is 2. The van der Waals surface area contributed by atoms with E-state index in [0.717, 1.165) is 25.7 Å². The Kier molecular flexibility index (Phi) is 7.51. The molecule has 0 radical (unpaired) electrons. The summed E-state index contributed by atoms with van der Waals surface area (Å²) >= 11 is 0. The molecule has 0 bridgehead atoms. The van der Waals surface area contributed by atoms with Crippen LogP contribution in [0, 0.1) is 0 Å². The SMILES string of the molecule is CC(C)(C)OC(=O)CCCCCCNC(=O)c1ccc(=O)[nH]c1. The molecule has 0 atom stereocenters. The number of hydrogen-bond acceptors (Lipinski definition) is 4. The van der Waals surface area contributed by atoms with Crippen molar-refractivity contribution in [2.75, 3.05) is 6.54 Å². The maximum atomic E-state index is 11.8. The van der Waals surface area contributed by atoms with E-state index in [1.807, 2.05) is 20.8 Å². The van der Waals surface area contributed by atoms with Gasteiger partial charge in [0.15, 0.2) is 0 Å². The molecule has 6 heteroatoms. The molecule has 0 fully saturated rings. The zero-order valence-electron chi connectivity index (χ0n) is 14.1. The van der Waals surface area contributed by atoms with Crippen molar-refractivity contribution in [3.8, 4) is 0 Å². The minimum absolute atomic E-state index is 0.163. The van der Waals surface area contributed by atoms with Gasteiger partial charge >= 0.3 is 5.97 Å². The van der Waals surface area contributed by atoms with Crippen molar-refractivity contribution in [3.63, 3.8) is 0 Å².